The zero-order valence-corrected chi connectivity index (χ0v) is 17.7. The van der Waals surface area contributed by atoms with Crippen molar-refractivity contribution in [3.05, 3.63) is 52.2 Å². The maximum Gasteiger partial charge on any atom is 0.337 e. The quantitative estimate of drug-likeness (QED) is 0.646. The number of anilines is 1. The fourth-order valence-electron chi connectivity index (χ4n) is 3.10. The Morgan fingerprint density at radius 2 is 1.83 bits per heavy atom. The highest BCUT2D eigenvalue weighted by Gasteiger charge is 2.21. The smallest absolute Gasteiger partial charge is 0.337 e. The minimum absolute atomic E-state index is 0.0973. The lowest BCUT2D eigenvalue weighted by molar-refractivity contribution is -0.116. The lowest BCUT2D eigenvalue weighted by Crippen LogP contribution is -2.28. The maximum atomic E-state index is 12.9. The number of benzene rings is 1. The molecule has 2 aromatic heterocycles. The van der Waals surface area contributed by atoms with Gasteiger partial charge < -0.3 is 10.1 Å². The molecule has 0 aliphatic heterocycles. The number of carbonyl (C=O) groups is 2. The van der Waals surface area contributed by atoms with Crippen LogP contribution < -0.4 is 10.9 Å². The number of amides is 1. The van der Waals surface area contributed by atoms with Gasteiger partial charge in [-0.15, -0.1) is 0 Å². The predicted octanol–water partition coefficient (Wildman–Crippen LogP) is 2.47. The van der Waals surface area contributed by atoms with Crippen LogP contribution in [0.4, 0.5) is 5.69 Å². The van der Waals surface area contributed by atoms with Gasteiger partial charge >= 0.3 is 5.97 Å². The average Bonchev–Trinajstić information content (AvgIpc) is 3.12. The van der Waals surface area contributed by atoms with Crippen LogP contribution in [0.15, 0.2) is 35.3 Å². The van der Waals surface area contributed by atoms with Crippen LogP contribution in [0.1, 0.15) is 43.4 Å². The van der Waals surface area contributed by atoms with Gasteiger partial charge in [0.15, 0.2) is 5.65 Å². The van der Waals surface area contributed by atoms with Crippen LogP contribution in [-0.4, -0.2) is 38.3 Å². The van der Waals surface area contributed by atoms with Gasteiger partial charge in [-0.25, -0.2) is 14.5 Å². The summed E-state index contributed by atoms with van der Waals surface area (Å²) < 4.78 is 7.86. The lowest BCUT2D eigenvalue weighted by atomic mass is 10.1. The molecular formula is C21H25N5O4. The number of aromatic nitrogens is 4. The fourth-order valence-corrected chi connectivity index (χ4v) is 3.10. The minimum atomic E-state index is -0.444. The normalized spacial score (nSPS) is 11.5. The third-order valence-corrected chi connectivity index (χ3v) is 4.67. The average molecular weight is 411 g/mol. The van der Waals surface area contributed by atoms with Crippen LogP contribution in [0.25, 0.3) is 11.0 Å². The summed E-state index contributed by atoms with van der Waals surface area (Å²) >= 11 is 0. The van der Waals surface area contributed by atoms with Crippen molar-refractivity contribution in [1.29, 1.82) is 0 Å². The first-order chi connectivity index (χ1) is 14.1. The number of nitrogens with one attached hydrogen (secondary N) is 1. The highest BCUT2D eigenvalue weighted by atomic mass is 16.5. The summed E-state index contributed by atoms with van der Waals surface area (Å²) in [6.45, 7) is 7.91. The number of aryl methyl sites for hydroxylation is 1. The van der Waals surface area contributed by atoms with Gasteiger partial charge in [0.1, 0.15) is 11.2 Å². The number of hydrogen-bond acceptors (Lipinski definition) is 6. The van der Waals surface area contributed by atoms with Crippen molar-refractivity contribution in [3.63, 3.8) is 0 Å². The van der Waals surface area contributed by atoms with Gasteiger partial charge in [0.25, 0.3) is 5.56 Å². The minimum Gasteiger partial charge on any atom is -0.465 e. The van der Waals surface area contributed by atoms with E-state index in [1.807, 2.05) is 20.8 Å². The first-order valence-corrected chi connectivity index (χ1v) is 9.55. The van der Waals surface area contributed by atoms with Crippen LogP contribution in [0, 0.1) is 6.92 Å². The van der Waals surface area contributed by atoms with Crippen LogP contribution in [0.3, 0.4) is 0 Å². The molecule has 0 aliphatic carbocycles. The van der Waals surface area contributed by atoms with Gasteiger partial charge in [-0.2, -0.15) is 5.10 Å². The molecule has 0 atom stereocenters. The molecule has 0 aliphatic rings. The molecule has 0 spiro atoms. The van der Waals surface area contributed by atoms with E-state index in [0.29, 0.717) is 28.1 Å². The van der Waals surface area contributed by atoms with E-state index in [0.717, 1.165) is 0 Å². The van der Waals surface area contributed by atoms with Crippen molar-refractivity contribution in [2.75, 3.05) is 12.4 Å². The molecule has 1 amide bonds. The zero-order valence-electron chi connectivity index (χ0n) is 17.7. The highest BCUT2D eigenvalue weighted by Crippen LogP contribution is 2.18. The Bertz CT molecular complexity index is 1150. The monoisotopic (exact) mass is 411 g/mol. The third kappa shape index (κ3) is 4.24. The number of methoxy groups -OCH3 is 1. The summed E-state index contributed by atoms with van der Waals surface area (Å²) in [5.41, 5.74) is 0.965. The van der Waals surface area contributed by atoms with Crippen molar-refractivity contribution in [2.45, 2.75) is 46.2 Å². The number of rotatable bonds is 5. The topological polar surface area (TPSA) is 108 Å². The number of nitrogens with zero attached hydrogens (tertiary/aromatic N) is 4. The van der Waals surface area contributed by atoms with E-state index in [2.05, 4.69) is 20.1 Å². The Hall–Kier alpha value is -3.49. The van der Waals surface area contributed by atoms with Crippen molar-refractivity contribution in [1.82, 2.24) is 19.3 Å². The van der Waals surface area contributed by atoms with Crippen LogP contribution in [0.5, 0.6) is 0 Å². The van der Waals surface area contributed by atoms with E-state index in [-0.39, 0.29) is 30.0 Å². The molecule has 0 saturated heterocycles. The number of fused-ring (bicyclic) bond motifs is 1. The summed E-state index contributed by atoms with van der Waals surface area (Å²) in [7, 11) is 1.31. The van der Waals surface area contributed by atoms with Crippen molar-refractivity contribution in [3.8, 4) is 0 Å². The maximum absolute atomic E-state index is 12.9. The van der Waals surface area contributed by atoms with Crippen LogP contribution >= 0.6 is 0 Å². The molecule has 0 fully saturated rings. The summed E-state index contributed by atoms with van der Waals surface area (Å²) in [5.74, 6) is -0.174. The Kier molecular flexibility index (Phi) is 5.73. The predicted molar refractivity (Wildman–Crippen MR) is 113 cm³/mol. The molecule has 0 bridgehead atoms. The Morgan fingerprint density at radius 3 is 2.43 bits per heavy atom. The standard InChI is InChI=1S/C21H25N5O4/c1-13-23-18-16(12-22-26(18)21(2,3)4)19(28)25(13)11-10-17(27)24-15-8-6-14(7-9-15)20(29)30-5/h6-9,12H,10-11H2,1-5H3,(H,24,27). The molecular weight excluding hydrogens is 386 g/mol. The summed E-state index contributed by atoms with van der Waals surface area (Å²) in [6.07, 6.45) is 1.62. The van der Waals surface area contributed by atoms with Crippen molar-refractivity contribution < 1.29 is 14.3 Å². The van der Waals surface area contributed by atoms with Crippen LogP contribution in [-0.2, 0) is 21.6 Å². The Morgan fingerprint density at radius 1 is 1.17 bits per heavy atom. The largest absolute Gasteiger partial charge is 0.465 e. The molecule has 3 rings (SSSR count). The first-order valence-electron chi connectivity index (χ1n) is 9.55. The van der Waals surface area contributed by atoms with E-state index in [1.165, 1.54) is 17.9 Å². The van der Waals surface area contributed by atoms with Gasteiger partial charge in [-0.05, 0) is 52.0 Å². The van der Waals surface area contributed by atoms with E-state index in [1.54, 1.807) is 35.9 Å². The Balaban J connectivity index is 1.73. The second kappa shape index (κ2) is 8.10. The van der Waals surface area contributed by atoms with Gasteiger partial charge in [0.05, 0.1) is 24.4 Å². The summed E-state index contributed by atoms with van der Waals surface area (Å²) in [4.78, 5) is 41.2. The summed E-state index contributed by atoms with van der Waals surface area (Å²) in [5, 5.41) is 7.49. The molecule has 1 N–H and O–H groups in total. The van der Waals surface area contributed by atoms with Gasteiger partial charge in [-0.3, -0.25) is 14.2 Å². The summed E-state index contributed by atoms with van der Waals surface area (Å²) in [6, 6.07) is 6.38. The molecule has 0 radical (unpaired) electrons. The van der Waals surface area contributed by atoms with E-state index in [4.69, 9.17) is 0 Å². The zero-order chi connectivity index (χ0) is 22.1. The highest BCUT2D eigenvalue weighted by molar-refractivity contribution is 5.93. The Labute approximate surface area is 173 Å². The molecule has 0 unspecified atom stereocenters. The van der Waals surface area contributed by atoms with Crippen molar-refractivity contribution in [2.24, 2.45) is 0 Å². The number of ether oxygens (including phenoxy) is 1. The van der Waals surface area contributed by atoms with Gasteiger partial charge in [-0.1, -0.05) is 0 Å². The SMILES string of the molecule is COC(=O)c1ccc(NC(=O)CCn2c(C)nc3c(cnn3C(C)(C)C)c2=O)cc1. The molecule has 9 heteroatoms. The van der Waals surface area contributed by atoms with E-state index >= 15 is 0 Å². The number of hydrogen-bond donors (Lipinski definition) is 1. The lowest BCUT2D eigenvalue weighted by Gasteiger charge is -2.20. The molecule has 30 heavy (non-hydrogen) atoms. The fraction of sp³-hybridized carbons (Fsp3) is 0.381. The van der Waals surface area contributed by atoms with Crippen molar-refractivity contribution >= 4 is 28.6 Å². The molecule has 3 aromatic rings. The second-order valence-corrected chi connectivity index (χ2v) is 7.95. The van der Waals surface area contributed by atoms with Gasteiger partial charge in [0, 0.05) is 18.7 Å². The van der Waals surface area contributed by atoms with Crippen LogP contribution in [0.2, 0.25) is 0 Å². The molecule has 9 nitrogen and oxygen atoms in total. The molecule has 158 valence electrons. The third-order valence-electron chi connectivity index (χ3n) is 4.67. The number of esters is 1. The molecule has 1 aromatic carbocycles. The second-order valence-electron chi connectivity index (χ2n) is 7.95. The van der Waals surface area contributed by atoms with Gasteiger partial charge in [0.2, 0.25) is 5.91 Å². The van der Waals surface area contributed by atoms with E-state index in [9.17, 15) is 14.4 Å². The number of carbonyl (C=O) groups excluding carboxylic acids is 2. The molecule has 2 heterocycles. The first kappa shape index (κ1) is 21.2. The van der Waals surface area contributed by atoms with E-state index < -0.39 is 5.97 Å². The molecule has 0 saturated carbocycles.